The fourth-order valence-corrected chi connectivity index (χ4v) is 2.67. The molecule has 1 atom stereocenters. The average Bonchev–Trinajstić information content (AvgIpc) is 2.85. The highest BCUT2D eigenvalue weighted by Gasteiger charge is 2.29. The van der Waals surface area contributed by atoms with E-state index in [1.807, 2.05) is 10.6 Å². The fraction of sp³-hybridized carbons (Fsp3) is 0.353. The molecule has 1 aromatic heterocycles. The topological polar surface area (TPSA) is 54.3 Å². The van der Waals surface area contributed by atoms with Crippen molar-refractivity contribution in [1.82, 2.24) is 9.88 Å². The van der Waals surface area contributed by atoms with E-state index in [-0.39, 0.29) is 16.6 Å². The van der Waals surface area contributed by atoms with Gasteiger partial charge in [-0.05, 0) is 18.6 Å². The third kappa shape index (κ3) is 2.53. The molecule has 0 fully saturated rings. The van der Waals surface area contributed by atoms with Crippen LogP contribution in [-0.4, -0.2) is 9.67 Å². The monoisotopic (exact) mass is 284 g/mol. The Morgan fingerprint density at radius 1 is 1.33 bits per heavy atom. The minimum absolute atomic E-state index is 0.105. The average molecular weight is 284 g/mol. The zero-order valence-electron chi connectivity index (χ0n) is 12.6. The molecule has 4 nitrogen and oxygen atoms in total. The third-order valence-corrected chi connectivity index (χ3v) is 3.97. The van der Waals surface area contributed by atoms with Crippen LogP contribution < -0.4 is 10.7 Å². The van der Waals surface area contributed by atoms with Crippen LogP contribution in [0.15, 0.2) is 52.9 Å². The van der Waals surface area contributed by atoms with Crippen LogP contribution in [0.1, 0.15) is 27.2 Å². The lowest BCUT2D eigenvalue weighted by atomic mass is 9.90. The summed E-state index contributed by atoms with van der Waals surface area (Å²) in [6.07, 6.45) is 10.4. The summed E-state index contributed by atoms with van der Waals surface area (Å²) >= 11 is 0. The molecule has 21 heavy (non-hydrogen) atoms. The molecule has 1 aliphatic carbocycles. The second-order valence-electron chi connectivity index (χ2n) is 6.65. The first-order valence-electron chi connectivity index (χ1n) is 7.16. The number of aromatic hydroxyl groups is 1. The van der Waals surface area contributed by atoms with Crippen molar-refractivity contribution in [3.05, 3.63) is 58.3 Å². The molecule has 0 bridgehead atoms. The van der Waals surface area contributed by atoms with Crippen LogP contribution in [0.2, 0.25) is 0 Å². The molecular weight excluding hydrogens is 264 g/mol. The van der Waals surface area contributed by atoms with Crippen molar-refractivity contribution < 1.29 is 5.11 Å². The molecule has 4 heteroatoms. The summed E-state index contributed by atoms with van der Waals surface area (Å²) in [6.45, 7) is 6.58. The van der Waals surface area contributed by atoms with Gasteiger partial charge in [-0.25, -0.2) is 0 Å². The summed E-state index contributed by atoms with van der Waals surface area (Å²) in [5.74, 6) is 0.115. The van der Waals surface area contributed by atoms with Gasteiger partial charge in [0.2, 0.25) is 5.43 Å². The second kappa shape index (κ2) is 4.65. The maximum absolute atomic E-state index is 11.3. The summed E-state index contributed by atoms with van der Waals surface area (Å²) in [5.41, 5.74) is 3.28. The smallest absolute Gasteiger partial charge is 0.223 e. The first-order valence-corrected chi connectivity index (χ1v) is 7.16. The predicted molar refractivity (Wildman–Crippen MR) is 83.5 cm³/mol. The van der Waals surface area contributed by atoms with Gasteiger partial charge in [-0.2, -0.15) is 0 Å². The highest BCUT2D eigenvalue weighted by Crippen LogP contribution is 2.37. The van der Waals surface area contributed by atoms with E-state index in [0.717, 1.165) is 12.1 Å². The Morgan fingerprint density at radius 2 is 2.10 bits per heavy atom. The van der Waals surface area contributed by atoms with E-state index in [1.54, 1.807) is 6.20 Å². The fourth-order valence-electron chi connectivity index (χ4n) is 2.67. The van der Waals surface area contributed by atoms with Crippen LogP contribution in [0.3, 0.4) is 0 Å². The predicted octanol–water partition coefficient (Wildman–Crippen LogP) is 2.83. The standard InChI is InChI=1S/C17H20N2O2/c1-17(2,3)16-9-11-8-12(4-5-13(11)18-16)19-7-6-14(20)15(21)10-19/h4-7,9-11,18,21H,8H2,1-3H3. The van der Waals surface area contributed by atoms with E-state index in [2.05, 4.69) is 38.2 Å². The molecular formula is C17H20N2O2. The van der Waals surface area contributed by atoms with E-state index in [4.69, 9.17) is 0 Å². The Balaban J connectivity index is 1.89. The maximum atomic E-state index is 11.3. The van der Waals surface area contributed by atoms with Crippen molar-refractivity contribution in [2.75, 3.05) is 0 Å². The molecule has 110 valence electrons. The Morgan fingerprint density at radius 3 is 2.76 bits per heavy atom. The van der Waals surface area contributed by atoms with Gasteiger partial charge < -0.3 is 15.0 Å². The molecule has 2 aliphatic rings. The van der Waals surface area contributed by atoms with Crippen molar-refractivity contribution in [3.8, 4) is 5.75 Å². The van der Waals surface area contributed by atoms with Gasteiger partial charge >= 0.3 is 0 Å². The van der Waals surface area contributed by atoms with Crippen molar-refractivity contribution in [1.29, 1.82) is 0 Å². The van der Waals surface area contributed by atoms with Crippen LogP contribution in [0.4, 0.5) is 0 Å². The Hall–Kier alpha value is -2.23. The van der Waals surface area contributed by atoms with E-state index in [1.165, 1.54) is 23.7 Å². The maximum Gasteiger partial charge on any atom is 0.223 e. The first kappa shape index (κ1) is 13.7. The minimum atomic E-state index is -0.351. The number of nitrogens with one attached hydrogen (secondary N) is 1. The molecule has 1 unspecified atom stereocenters. The lowest BCUT2D eigenvalue weighted by molar-refractivity contribution is 0.465. The number of allylic oxidation sites excluding steroid dienone is 5. The summed E-state index contributed by atoms with van der Waals surface area (Å²) in [5, 5.41) is 13.1. The van der Waals surface area contributed by atoms with Gasteiger partial charge in [0.05, 0.1) is 6.20 Å². The Kier molecular flexibility index (Phi) is 3.04. The molecule has 3 rings (SSSR count). The molecule has 0 saturated heterocycles. The Bertz CT molecular complexity index is 730. The third-order valence-electron chi connectivity index (χ3n) is 3.97. The first-order chi connectivity index (χ1) is 9.84. The number of aromatic nitrogens is 1. The summed E-state index contributed by atoms with van der Waals surface area (Å²) in [4.78, 5) is 11.3. The van der Waals surface area contributed by atoms with Crippen LogP contribution in [-0.2, 0) is 0 Å². The van der Waals surface area contributed by atoms with E-state index < -0.39 is 0 Å². The number of pyridine rings is 1. The van der Waals surface area contributed by atoms with Gasteiger partial charge in [0.25, 0.3) is 0 Å². The van der Waals surface area contributed by atoms with Crippen LogP contribution in [0.5, 0.6) is 5.75 Å². The lowest BCUT2D eigenvalue weighted by Crippen LogP contribution is -2.21. The number of fused-ring (bicyclic) bond motifs is 1. The molecule has 0 aromatic carbocycles. The summed E-state index contributed by atoms with van der Waals surface area (Å²) < 4.78 is 1.81. The van der Waals surface area contributed by atoms with Crippen molar-refractivity contribution in [2.45, 2.75) is 27.2 Å². The van der Waals surface area contributed by atoms with Crippen molar-refractivity contribution in [2.24, 2.45) is 11.3 Å². The number of nitrogens with zero attached hydrogens (tertiary/aromatic N) is 1. The molecule has 1 aliphatic heterocycles. The van der Waals surface area contributed by atoms with Gasteiger partial charge in [0.15, 0.2) is 5.75 Å². The van der Waals surface area contributed by atoms with Crippen molar-refractivity contribution >= 4 is 5.70 Å². The van der Waals surface area contributed by atoms with Crippen LogP contribution >= 0.6 is 0 Å². The van der Waals surface area contributed by atoms with E-state index in [0.29, 0.717) is 5.92 Å². The second-order valence-corrected chi connectivity index (χ2v) is 6.65. The van der Waals surface area contributed by atoms with Crippen LogP contribution in [0, 0.1) is 11.3 Å². The zero-order valence-corrected chi connectivity index (χ0v) is 12.6. The quantitative estimate of drug-likeness (QED) is 0.833. The highest BCUT2D eigenvalue weighted by molar-refractivity contribution is 5.55. The summed E-state index contributed by atoms with van der Waals surface area (Å²) in [7, 11) is 0. The molecule has 2 N–H and O–H groups in total. The highest BCUT2D eigenvalue weighted by atomic mass is 16.3. The number of hydrogen-bond donors (Lipinski definition) is 2. The zero-order chi connectivity index (χ0) is 15.2. The minimum Gasteiger partial charge on any atom is -0.503 e. The molecule has 2 heterocycles. The van der Waals surface area contributed by atoms with Gasteiger partial charge in [0.1, 0.15) is 0 Å². The van der Waals surface area contributed by atoms with E-state index >= 15 is 0 Å². The largest absolute Gasteiger partial charge is 0.503 e. The van der Waals surface area contributed by atoms with Gasteiger partial charge in [-0.1, -0.05) is 26.8 Å². The number of hydrogen-bond acceptors (Lipinski definition) is 3. The normalized spacial score (nSPS) is 21.1. The molecule has 1 aromatic rings. The lowest BCUT2D eigenvalue weighted by Gasteiger charge is -2.22. The van der Waals surface area contributed by atoms with Crippen LogP contribution in [0.25, 0.3) is 5.70 Å². The molecule has 0 radical (unpaired) electrons. The molecule has 0 saturated carbocycles. The van der Waals surface area contributed by atoms with E-state index in [9.17, 15) is 9.90 Å². The number of rotatable bonds is 1. The molecule has 0 amide bonds. The van der Waals surface area contributed by atoms with Gasteiger partial charge in [0, 0.05) is 40.7 Å². The van der Waals surface area contributed by atoms with Crippen molar-refractivity contribution in [3.63, 3.8) is 0 Å². The van der Waals surface area contributed by atoms with Gasteiger partial charge in [-0.3, -0.25) is 4.79 Å². The molecule has 0 spiro atoms. The summed E-state index contributed by atoms with van der Waals surface area (Å²) in [6, 6.07) is 1.39. The van der Waals surface area contributed by atoms with Gasteiger partial charge in [-0.15, -0.1) is 0 Å². The Labute approximate surface area is 124 Å². The SMILES string of the molecule is CC(C)(C)C1=CC2CC(n3ccc(=O)c(O)c3)=CC=C2N1.